The van der Waals surface area contributed by atoms with Gasteiger partial charge < -0.3 is 5.73 Å². The molecule has 1 heteroatoms. The van der Waals surface area contributed by atoms with E-state index in [-0.39, 0.29) is 0 Å². The van der Waals surface area contributed by atoms with Crippen molar-refractivity contribution in [3.63, 3.8) is 0 Å². The molecular formula is C9H17N. The molecule has 2 aliphatic carbocycles. The minimum Gasteiger partial charge on any atom is -0.325 e. The van der Waals surface area contributed by atoms with Crippen LogP contribution in [0.1, 0.15) is 44.9 Å². The van der Waals surface area contributed by atoms with Crippen LogP contribution in [-0.4, -0.2) is 5.54 Å². The van der Waals surface area contributed by atoms with E-state index in [1.807, 2.05) is 0 Å². The molecule has 0 aromatic carbocycles. The van der Waals surface area contributed by atoms with Crippen LogP contribution in [0.25, 0.3) is 0 Å². The lowest BCUT2D eigenvalue weighted by Gasteiger charge is -2.26. The summed E-state index contributed by atoms with van der Waals surface area (Å²) in [6.45, 7) is 0. The van der Waals surface area contributed by atoms with E-state index in [2.05, 4.69) is 0 Å². The predicted molar refractivity (Wildman–Crippen MR) is 42.7 cm³/mol. The molecule has 0 spiro atoms. The van der Waals surface area contributed by atoms with Crippen molar-refractivity contribution in [1.82, 2.24) is 0 Å². The number of rotatable bonds is 3. The van der Waals surface area contributed by atoms with E-state index in [1.165, 1.54) is 44.9 Å². The number of hydrogen-bond donors (Lipinski definition) is 1. The zero-order valence-electron chi connectivity index (χ0n) is 6.60. The fourth-order valence-corrected chi connectivity index (χ4v) is 1.68. The minimum absolute atomic E-state index is 0.315. The zero-order valence-corrected chi connectivity index (χ0v) is 6.60. The topological polar surface area (TPSA) is 26.0 Å². The van der Waals surface area contributed by atoms with Crippen molar-refractivity contribution in [3.8, 4) is 0 Å². The van der Waals surface area contributed by atoms with Crippen LogP contribution < -0.4 is 5.73 Å². The van der Waals surface area contributed by atoms with Gasteiger partial charge in [-0.15, -0.1) is 0 Å². The molecule has 2 fully saturated rings. The molecule has 0 unspecified atom stereocenters. The maximum absolute atomic E-state index is 5.97. The Balaban J connectivity index is 1.63. The predicted octanol–water partition coefficient (Wildman–Crippen LogP) is 2.06. The molecule has 0 aliphatic heterocycles. The standard InChI is InChI=1S/C9H17N/c10-9(6-7-9)5-4-8-2-1-3-8/h8H,1-7,10H2. The summed E-state index contributed by atoms with van der Waals surface area (Å²) >= 11 is 0. The average molecular weight is 139 g/mol. The van der Waals surface area contributed by atoms with Crippen molar-refractivity contribution >= 4 is 0 Å². The quantitative estimate of drug-likeness (QED) is 0.636. The Bertz CT molecular complexity index is 123. The Morgan fingerprint density at radius 3 is 2.40 bits per heavy atom. The van der Waals surface area contributed by atoms with Crippen LogP contribution >= 0.6 is 0 Å². The first-order valence-corrected chi connectivity index (χ1v) is 4.57. The summed E-state index contributed by atoms with van der Waals surface area (Å²) in [5, 5.41) is 0. The molecule has 0 aromatic heterocycles. The summed E-state index contributed by atoms with van der Waals surface area (Å²) in [6.07, 6.45) is 9.74. The first-order chi connectivity index (χ1) is 4.79. The molecule has 0 amide bonds. The van der Waals surface area contributed by atoms with E-state index in [9.17, 15) is 0 Å². The molecule has 1 nitrogen and oxygen atoms in total. The average Bonchev–Trinajstić information content (AvgIpc) is 2.44. The Kier molecular flexibility index (Phi) is 1.48. The first-order valence-electron chi connectivity index (χ1n) is 4.57. The maximum atomic E-state index is 5.97. The normalized spacial score (nSPS) is 29.7. The van der Waals surface area contributed by atoms with Gasteiger partial charge in [0.05, 0.1) is 0 Å². The maximum Gasteiger partial charge on any atom is 0.0155 e. The van der Waals surface area contributed by atoms with Gasteiger partial charge in [0, 0.05) is 5.54 Å². The van der Waals surface area contributed by atoms with Crippen molar-refractivity contribution in [2.75, 3.05) is 0 Å². The van der Waals surface area contributed by atoms with Crippen molar-refractivity contribution in [3.05, 3.63) is 0 Å². The molecule has 0 radical (unpaired) electrons. The lowest BCUT2D eigenvalue weighted by molar-refractivity contribution is 0.279. The highest BCUT2D eigenvalue weighted by Crippen LogP contribution is 2.40. The smallest absolute Gasteiger partial charge is 0.0155 e. The summed E-state index contributed by atoms with van der Waals surface area (Å²) < 4.78 is 0. The third kappa shape index (κ3) is 1.34. The van der Waals surface area contributed by atoms with Crippen molar-refractivity contribution in [2.45, 2.75) is 50.5 Å². The molecular weight excluding hydrogens is 122 g/mol. The molecule has 2 saturated carbocycles. The van der Waals surface area contributed by atoms with Crippen molar-refractivity contribution in [1.29, 1.82) is 0 Å². The Hall–Kier alpha value is -0.0400. The molecule has 0 atom stereocenters. The summed E-state index contributed by atoms with van der Waals surface area (Å²) in [5.41, 5.74) is 6.29. The Morgan fingerprint density at radius 1 is 1.30 bits per heavy atom. The van der Waals surface area contributed by atoms with Crippen LogP contribution in [0.2, 0.25) is 0 Å². The van der Waals surface area contributed by atoms with Gasteiger partial charge in [0.25, 0.3) is 0 Å². The lowest BCUT2D eigenvalue weighted by Crippen LogP contribution is -2.23. The van der Waals surface area contributed by atoms with Crippen LogP contribution in [-0.2, 0) is 0 Å². The highest BCUT2D eigenvalue weighted by Gasteiger charge is 2.38. The third-order valence-corrected chi connectivity index (χ3v) is 3.17. The summed E-state index contributed by atoms with van der Waals surface area (Å²) in [6, 6.07) is 0. The lowest BCUT2D eigenvalue weighted by atomic mass is 9.81. The van der Waals surface area contributed by atoms with Crippen LogP contribution in [0.5, 0.6) is 0 Å². The second-order valence-corrected chi connectivity index (χ2v) is 4.20. The molecule has 0 bridgehead atoms. The summed E-state index contributed by atoms with van der Waals surface area (Å²) in [7, 11) is 0. The van der Waals surface area contributed by atoms with E-state index >= 15 is 0 Å². The molecule has 58 valence electrons. The van der Waals surface area contributed by atoms with E-state index in [0.29, 0.717) is 5.54 Å². The van der Waals surface area contributed by atoms with Crippen molar-refractivity contribution in [2.24, 2.45) is 11.7 Å². The molecule has 2 N–H and O–H groups in total. The van der Waals surface area contributed by atoms with Gasteiger partial charge in [0.15, 0.2) is 0 Å². The van der Waals surface area contributed by atoms with Gasteiger partial charge in [0.2, 0.25) is 0 Å². The highest BCUT2D eigenvalue weighted by atomic mass is 14.8. The monoisotopic (exact) mass is 139 g/mol. The SMILES string of the molecule is NC1(CCC2CCC2)CC1. The molecule has 2 aliphatic rings. The number of nitrogens with two attached hydrogens (primary N) is 1. The molecule has 0 heterocycles. The van der Waals surface area contributed by atoms with Crippen LogP contribution in [0.4, 0.5) is 0 Å². The zero-order chi connectivity index (χ0) is 7.03. The second kappa shape index (κ2) is 2.23. The van der Waals surface area contributed by atoms with E-state index < -0.39 is 0 Å². The van der Waals surface area contributed by atoms with Crippen molar-refractivity contribution < 1.29 is 0 Å². The van der Waals surface area contributed by atoms with Crippen LogP contribution in [0.3, 0.4) is 0 Å². The van der Waals surface area contributed by atoms with E-state index in [0.717, 1.165) is 5.92 Å². The third-order valence-electron chi connectivity index (χ3n) is 3.17. The molecule has 0 saturated heterocycles. The van der Waals surface area contributed by atoms with E-state index in [4.69, 9.17) is 5.73 Å². The minimum atomic E-state index is 0.315. The first kappa shape index (κ1) is 6.66. The molecule has 0 aromatic rings. The molecule has 10 heavy (non-hydrogen) atoms. The van der Waals surface area contributed by atoms with Gasteiger partial charge in [-0.25, -0.2) is 0 Å². The number of hydrogen-bond acceptors (Lipinski definition) is 1. The van der Waals surface area contributed by atoms with Gasteiger partial charge in [-0.05, 0) is 31.6 Å². The van der Waals surface area contributed by atoms with Crippen LogP contribution in [0.15, 0.2) is 0 Å². The fraction of sp³-hybridized carbons (Fsp3) is 1.00. The molecule has 2 rings (SSSR count). The van der Waals surface area contributed by atoms with Gasteiger partial charge in [-0.3, -0.25) is 0 Å². The van der Waals surface area contributed by atoms with Gasteiger partial charge in [0.1, 0.15) is 0 Å². The van der Waals surface area contributed by atoms with Gasteiger partial charge in [-0.2, -0.15) is 0 Å². The van der Waals surface area contributed by atoms with E-state index in [1.54, 1.807) is 0 Å². The second-order valence-electron chi connectivity index (χ2n) is 4.20. The Morgan fingerprint density at radius 2 is 2.00 bits per heavy atom. The van der Waals surface area contributed by atoms with Gasteiger partial charge in [-0.1, -0.05) is 19.3 Å². The highest BCUT2D eigenvalue weighted by molar-refractivity contribution is 4.98. The summed E-state index contributed by atoms with van der Waals surface area (Å²) in [4.78, 5) is 0. The fourth-order valence-electron chi connectivity index (χ4n) is 1.68. The Labute approximate surface area is 63.0 Å². The van der Waals surface area contributed by atoms with Crippen LogP contribution in [0, 0.1) is 5.92 Å². The largest absolute Gasteiger partial charge is 0.325 e. The summed E-state index contributed by atoms with van der Waals surface area (Å²) in [5.74, 6) is 1.06. The van der Waals surface area contributed by atoms with Gasteiger partial charge >= 0.3 is 0 Å².